The highest BCUT2D eigenvalue weighted by molar-refractivity contribution is 7.90. The third kappa shape index (κ3) is 3.69. The number of fused-ring (bicyclic) bond motifs is 1. The summed E-state index contributed by atoms with van der Waals surface area (Å²) in [4.78, 5) is 13.1. The van der Waals surface area contributed by atoms with Gasteiger partial charge in [0.25, 0.3) is 0 Å². The van der Waals surface area contributed by atoms with Gasteiger partial charge in [-0.05, 0) is 42.2 Å². The van der Waals surface area contributed by atoms with E-state index in [9.17, 15) is 8.42 Å². The molecule has 1 aliphatic carbocycles. The number of sulfone groups is 1. The van der Waals surface area contributed by atoms with Crippen LogP contribution in [-0.2, 0) is 9.84 Å². The van der Waals surface area contributed by atoms with Crippen LogP contribution in [0.25, 0.3) is 22.2 Å². The number of anilines is 3. The van der Waals surface area contributed by atoms with E-state index < -0.39 is 9.84 Å². The molecule has 3 N–H and O–H groups in total. The summed E-state index contributed by atoms with van der Waals surface area (Å²) < 4.78 is 24.2. The van der Waals surface area contributed by atoms with Crippen LogP contribution in [0.15, 0.2) is 53.8 Å². The number of aromatic nitrogens is 5. The Morgan fingerprint density at radius 2 is 1.87 bits per heavy atom. The molecule has 9 nitrogen and oxygen atoms in total. The summed E-state index contributed by atoms with van der Waals surface area (Å²) in [5.41, 5.74) is 3.18. The predicted octanol–water partition coefficient (Wildman–Crippen LogP) is 3.14. The van der Waals surface area contributed by atoms with E-state index >= 15 is 0 Å². The number of hydrogen-bond acceptors (Lipinski definition) is 8. The van der Waals surface area contributed by atoms with Crippen molar-refractivity contribution in [1.82, 2.24) is 25.1 Å². The lowest BCUT2D eigenvalue weighted by atomic mass is 10.1. The molecule has 0 spiro atoms. The molecular formula is C20H19N7O2S. The van der Waals surface area contributed by atoms with Gasteiger partial charge in [-0.2, -0.15) is 15.1 Å². The molecule has 0 unspecified atom stereocenters. The van der Waals surface area contributed by atoms with Gasteiger partial charge in [-0.3, -0.25) is 10.1 Å². The Kier molecular flexibility index (Phi) is 4.35. The zero-order chi connectivity index (χ0) is 20.7. The quantitative estimate of drug-likeness (QED) is 0.433. The monoisotopic (exact) mass is 421 g/mol. The van der Waals surface area contributed by atoms with Gasteiger partial charge in [0.15, 0.2) is 20.5 Å². The molecule has 1 aliphatic rings. The first-order valence-electron chi connectivity index (χ1n) is 9.47. The van der Waals surface area contributed by atoms with E-state index in [1.165, 1.54) is 0 Å². The molecule has 0 aliphatic heterocycles. The normalized spacial score (nSPS) is 14.0. The minimum Gasteiger partial charge on any atom is -0.367 e. The SMILES string of the molecule is CS(=O)(=O)c1[nH]nc2nc(Nc3ccc(-c4cccnc4)cc3)nc(NC3CC3)c12. The zero-order valence-electron chi connectivity index (χ0n) is 16.1. The molecule has 1 aromatic carbocycles. The topological polar surface area (TPSA) is 126 Å². The van der Waals surface area contributed by atoms with Crippen molar-refractivity contribution in [2.45, 2.75) is 23.9 Å². The maximum Gasteiger partial charge on any atom is 0.231 e. The van der Waals surface area contributed by atoms with Gasteiger partial charge in [-0.25, -0.2) is 8.42 Å². The summed E-state index contributed by atoms with van der Waals surface area (Å²) in [6, 6.07) is 12.0. The van der Waals surface area contributed by atoms with Gasteiger partial charge in [-0.1, -0.05) is 18.2 Å². The molecule has 0 atom stereocenters. The number of aromatic amines is 1. The number of pyridine rings is 1. The summed E-state index contributed by atoms with van der Waals surface area (Å²) >= 11 is 0. The molecule has 3 aromatic heterocycles. The van der Waals surface area contributed by atoms with Crippen LogP contribution in [-0.4, -0.2) is 45.9 Å². The first kappa shape index (κ1) is 18.5. The highest BCUT2D eigenvalue weighted by atomic mass is 32.2. The minimum absolute atomic E-state index is 0.0213. The highest BCUT2D eigenvalue weighted by Gasteiger charge is 2.27. The number of H-pyrrole nitrogens is 1. The van der Waals surface area contributed by atoms with Crippen LogP contribution >= 0.6 is 0 Å². The van der Waals surface area contributed by atoms with Gasteiger partial charge in [0.2, 0.25) is 5.95 Å². The average molecular weight is 421 g/mol. The van der Waals surface area contributed by atoms with Crippen molar-refractivity contribution >= 4 is 38.3 Å². The highest BCUT2D eigenvalue weighted by Crippen LogP contribution is 2.32. The maximum absolute atomic E-state index is 12.1. The Hall–Kier alpha value is -3.53. The van der Waals surface area contributed by atoms with Crippen LogP contribution in [0.4, 0.5) is 17.5 Å². The summed E-state index contributed by atoms with van der Waals surface area (Å²) in [5, 5.41) is 13.6. The molecule has 0 amide bonds. The third-order valence-electron chi connectivity index (χ3n) is 4.81. The zero-order valence-corrected chi connectivity index (χ0v) is 16.9. The van der Waals surface area contributed by atoms with Crippen LogP contribution in [0.1, 0.15) is 12.8 Å². The summed E-state index contributed by atoms with van der Waals surface area (Å²) in [5.74, 6) is 0.803. The van der Waals surface area contributed by atoms with E-state index in [1.807, 2.05) is 42.6 Å². The average Bonchev–Trinajstić information content (AvgIpc) is 3.43. The fraction of sp³-hybridized carbons (Fsp3) is 0.200. The van der Waals surface area contributed by atoms with Crippen LogP contribution in [0.2, 0.25) is 0 Å². The van der Waals surface area contributed by atoms with Crippen molar-refractivity contribution in [2.24, 2.45) is 0 Å². The standard InChI is InChI=1S/C20H19N7O2S/c1-30(28,29)19-16-17(22-14-8-9-14)24-20(25-18(16)26-27-19)23-15-6-4-12(5-7-15)13-3-2-10-21-11-13/h2-7,10-11,14H,8-9H2,1H3,(H3,22,23,24,25,26,27). The van der Waals surface area contributed by atoms with E-state index in [2.05, 4.69) is 35.8 Å². The van der Waals surface area contributed by atoms with Gasteiger partial charge in [0.1, 0.15) is 11.2 Å². The van der Waals surface area contributed by atoms with Crippen molar-refractivity contribution in [3.05, 3.63) is 48.8 Å². The predicted molar refractivity (Wildman–Crippen MR) is 114 cm³/mol. The molecule has 10 heteroatoms. The summed E-state index contributed by atoms with van der Waals surface area (Å²) in [6.07, 6.45) is 6.74. The van der Waals surface area contributed by atoms with E-state index in [1.54, 1.807) is 6.20 Å². The fourth-order valence-corrected chi connectivity index (χ4v) is 3.93. The Morgan fingerprint density at radius 3 is 2.53 bits per heavy atom. The molecule has 3 heterocycles. The molecule has 4 aromatic rings. The Labute approximate surface area is 172 Å². The first-order valence-corrected chi connectivity index (χ1v) is 11.4. The molecule has 1 fully saturated rings. The van der Waals surface area contributed by atoms with Crippen molar-refractivity contribution in [3.63, 3.8) is 0 Å². The molecule has 152 valence electrons. The van der Waals surface area contributed by atoms with Crippen molar-refractivity contribution in [3.8, 4) is 11.1 Å². The second kappa shape index (κ2) is 7.06. The number of nitrogens with one attached hydrogen (secondary N) is 3. The van der Waals surface area contributed by atoms with Gasteiger partial charge >= 0.3 is 0 Å². The van der Waals surface area contributed by atoms with Crippen molar-refractivity contribution in [1.29, 1.82) is 0 Å². The summed E-state index contributed by atoms with van der Waals surface area (Å²) in [7, 11) is -3.49. The molecular weight excluding hydrogens is 402 g/mol. The largest absolute Gasteiger partial charge is 0.367 e. The lowest BCUT2D eigenvalue weighted by Gasteiger charge is -2.10. The smallest absolute Gasteiger partial charge is 0.231 e. The lowest BCUT2D eigenvalue weighted by Crippen LogP contribution is -2.08. The number of benzene rings is 1. The van der Waals surface area contributed by atoms with Gasteiger partial charge < -0.3 is 10.6 Å². The van der Waals surface area contributed by atoms with Gasteiger partial charge in [-0.15, -0.1) is 0 Å². The van der Waals surface area contributed by atoms with Crippen LogP contribution in [0.5, 0.6) is 0 Å². The molecule has 30 heavy (non-hydrogen) atoms. The number of rotatable bonds is 6. The van der Waals surface area contributed by atoms with E-state index in [0.29, 0.717) is 22.8 Å². The summed E-state index contributed by atoms with van der Waals surface area (Å²) in [6.45, 7) is 0. The van der Waals surface area contributed by atoms with Crippen LogP contribution in [0, 0.1) is 0 Å². The molecule has 0 bridgehead atoms. The Morgan fingerprint density at radius 1 is 1.07 bits per heavy atom. The second-order valence-corrected chi connectivity index (χ2v) is 9.23. The molecule has 1 saturated carbocycles. The molecule has 0 radical (unpaired) electrons. The van der Waals surface area contributed by atoms with E-state index in [4.69, 9.17) is 0 Å². The minimum atomic E-state index is -3.49. The van der Waals surface area contributed by atoms with Gasteiger partial charge in [0.05, 0.1) is 0 Å². The molecule has 0 saturated heterocycles. The van der Waals surface area contributed by atoms with Crippen molar-refractivity contribution in [2.75, 3.05) is 16.9 Å². The fourth-order valence-electron chi connectivity index (χ4n) is 3.16. The lowest BCUT2D eigenvalue weighted by molar-refractivity contribution is 0.598. The van der Waals surface area contributed by atoms with E-state index in [0.717, 1.165) is 35.9 Å². The van der Waals surface area contributed by atoms with Crippen LogP contribution < -0.4 is 10.6 Å². The van der Waals surface area contributed by atoms with Crippen LogP contribution in [0.3, 0.4) is 0 Å². The third-order valence-corrected chi connectivity index (χ3v) is 5.84. The number of hydrogen-bond donors (Lipinski definition) is 3. The van der Waals surface area contributed by atoms with Crippen molar-refractivity contribution < 1.29 is 8.42 Å². The maximum atomic E-state index is 12.1. The Bertz CT molecular complexity index is 1310. The number of nitrogens with zero attached hydrogens (tertiary/aromatic N) is 4. The first-order chi connectivity index (χ1) is 14.5. The Balaban J connectivity index is 1.48. The molecule has 5 rings (SSSR count). The second-order valence-electron chi connectivity index (χ2n) is 7.28. The van der Waals surface area contributed by atoms with Gasteiger partial charge in [0, 0.05) is 30.4 Å². The van der Waals surface area contributed by atoms with E-state index in [-0.39, 0.29) is 11.1 Å².